The maximum absolute atomic E-state index is 2.35. The first kappa shape index (κ1) is 11.7. The molecule has 0 amide bonds. The van der Waals surface area contributed by atoms with E-state index in [0.29, 0.717) is 11.3 Å². The van der Waals surface area contributed by atoms with Crippen molar-refractivity contribution in [2.24, 2.45) is 5.41 Å². The van der Waals surface area contributed by atoms with Gasteiger partial charge in [-0.05, 0) is 41.2 Å². The van der Waals surface area contributed by atoms with Gasteiger partial charge in [-0.25, -0.2) is 0 Å². The van der Waals surface area contributed by atoms with E-state index in [4.69, 9.17) is 0 Å². The van der Waals surface area contributed by atoms with E-state index in [0.717, 1.165) is 5.92 Å². The van der Waals surface area contributed by atoms with Crippen LogP contribution >= 0.6 is 0 Å². The van der Waals surface area contributed by atoms with Crippen LogP contribution in [0.4, 0.5) is 0 Å². The lowest BCUT2D eigenvalue weighted by Crippen LogP contribution is -2.15. The molecule has 1 aromatic carbocycles. The molecule has 16 heavy (non-hydrogen) atoms. The summed E-state index contributed by atoms with van der Waals surface area (Å²) in [6, 6.07) is 9.37. The summed E-state index contributed by atoms with van der Waals surface area (Å²) < 4.78 is 0. The molecule has 2 rings (SSSR count). The van der Waals surface area contributed by atoms with Crippen LogP contribution in [0.25, 0.3) is 0 Å². The minimum Gasteiger partial charge on any atom is -0.0596 e. The fourth-order valence-corrected chi connectivity index (χ4v) is 2.30. The zero-order valence-corrected chi connectivity index (χ0v) is 11.1. The first-order valence-corrected chi connectivity index (χ1v) is 6.58. The molecular weight excluding hydrogens is 192 g/mol. The van der Waals surface area contributed by atoms with Crippen molar-refractivity contribution >= 4 is 0 Å². The van der Waals surface area contributed by atoms with Crippen LogP contribution in [0.2, 0.25) is 0 Å². The third-order valence-corrected chi connectivity index (χ3v) is 4.31. The SMILES string of the molecule is CC(c1ccc(C2CCC2)cc1)C(C)(C)C. The highest BCUT2D eigenvalue weighted by Gasteiger charge is 2.23. The summed E-state index contributed by atoms with van der Waals surface area (Å²) in [6.07, 6.45) is 4.22. The Labute approximate surface area is 100 Å². The lowest BCUT2D eigenvalue weighted by atomic mass is 9.76. The Bertz CT molecular complexity index is 335. The van der Waals surface area contributed by atoms with Crippen LogP contribution in [-0.4, -0.2) is 0 Å². The Balaban J connectivity index is 2.12. The van der Waals surface area contributed by atoms with Crippen LogP contribution in [0, 0.1) is 5.41 Å². The molecule has 0 N–H and O–H groups in total. The van der Waals surface area contributed by atoms with E-state index in [-0.39, 0.29) is 0 Å². The molecule has 0 radical (unpaired) electrons. The Morgan fingerprint density at radius 3 is 2.00 bits per heavy atom. The summed E-state index contributed by atoms with van der Waals surface area (Å²) in [7, 11) is 0. The topological polar surface area (TPSA) is 0 Å². The normalized spacial score (nSPS) is 19.2. The van der Waals surface area contributed by atoms with Crippen molar-refractivity contribution in [3.8, 4) is 0 Å². The predicted octanol–water partition coefficient (Wildman–Crippen LogP) is 5.10. The molecule has 1 fully saturated rings. The first-order valence-electron chi connectivity index (χ1n) is 6.58. The molecule has 0 heteroatoms. The van der Waals surface area contributed by atoms with Gasteiger partial charge in [0.15, 0.2) is 0 Å². The lowest BCUT2D eigenvalue weighted by Gasteiger charge is -2.29. The number of hydrogen-bond acceptors (Lipinski definition) is 0. The average molecular weight is 216 g/mol. The van der Waals surface area contributed by atoms with E-state index in [1.807, 2.05) is 0 Å². The van der Waals surface area contributed by atoms with E-state index in [1.165, 1.54) is 24.8 Å². The molecule has 1 saturated carbocycles. The van der Waals surface area contributed by atoms with Gasteiger partial charge in [0.2, 0.25) is 0 Å². The highest BCUT2D eigenvalue weighted by atomic mass is 14.3. The van der Waals surface area contributed by atoms with E-state index in [1.54, 1.807) is 5.56 Å². The Morgan fingerprint density at radius 1 is 1.06 bits per heavy atom. The van der Waals surface area contributed by atoms with E-state index < -0.39 is 0 Å². The highest BCUT2D eigenvalue weighted by molar-refractivity contribution is 5.29. The van der Waals surface area contributed by atoms with Gasteiger partial charge < -0.3 is 0 Å². The van der Waals surface area contributed by atoms with Crippen molar-refractivity contribution in [1.82, 2.24) is 0 Å². The predicted molar refractivity (Wildman–Crippen MR) is 70.9 cm³/mol. The third-order valence-electron chi connectivity index (χ3n) is 4.31. The minimum absolute atomic E-state index is 0.359. The van der Waals surface area contributed by atoms with Gasteiger partial charge >= 0.3 is 0 Å². The summed E-state index contributed by atoms with van der Waals surface area (Å²) in [5, 5.41) is 0. The minimum atomic E-state index is 0.359. The van der Waals surface area contributed by atoms with Crippen molar-refractivity contribution in [2.45, 2.75) is 58.8 Å². The third kappa shape index (κ3) is 2.31. The highest BCUT2D eigenvalue weighted by Crippen LogP contribution is 2.38. The van der Waals surface area contributed by atoms with Gasteiger partial charge in [0, 0.05) is 0 Å². The largest absolute Gasteiger partial charge is 0.0596 e. The summed E-state index contributed by atoms with van der Waals surface area (Å²) in [5.41, 5.74) is 3.39. The van der Waals surface area contributed by atoms with Gasteiger partial charge in [-0.2, -0.15) is 0 Å². The summed E-state index contributed by atoms with van der Waals surface area (Å²) >= 11 is 0. The molecule has 1 atom stereocenters. The summed E-state index contributed by atoms with van der Waals surface area (Å²) in [6.45, 7) is 9.28. The van der Waals surface area contributed by atoms with Gasteiger partial charge in [-0.1, -0.05) is 58.4 Å². The second-order valence-corrected chi connectivity index (χ2v) is 6.38. The Kier molecular flexibility index (Phi) is 3.10. The second-order valence-electron chi connectivity index (χ2n) is 6.38. The standard InChI is InChI=1S/C16H24/c1-12(16(2,3)4)13-8-10-15(11-9-13)14-6-5-7-14/h8-12,14H,5-7H2,1-4H3. The number of benzene rings is 1. The van der Waals surface area contributed by atoms with Crippen molar-refractivity contribution in [3.05, 3.63) is 35.4 Å². The zero-order chi connectivity index (χ0) is 11.8. The molecule has 0 aliphatic heterocycles. The second kappa shape index (κ2) is 4.24. The first-order chi connectivity index (χ1) is 7.48. The van der Waals surface area contributed by atoms with Crippen LogP contribution in [0.1, 0.15) is 69.9 Å². The maximum atomic E-state index is 2.35. The summed E-state index contributed by atoms with van der Waals surface area (Å²) in [4.78, 5) is 0. The van der Waals surface area contributed by atoms with Gasteiger partial charge in [0.25, 0.3) is 0 Å². The van der Waals surface area contributed by atoms with Crippen LogP contribution < -0.4 is 0 Å². The van der Waals surface area contributed by atoms with E-state index in [9.17, 15) is 0 Å². The van der Waals surface area contributed by atoms with E-state index in [2.05, 4.69) is 52.0 Å². The molecule has 1 unspecified atom stereocenters. The lowest BCUT2D eigenvalue weighted by molar-refractivity contribution is 0.339. The van der Waals surface area contributed by atoms with Crippen LogP contribution in [0.3, 0.4) is 0 Å². The molecular formula is C16H24. The van der Waals surface area contributed by atoms with Crippen molar-refractivity contribution in [2.75, 3.05) is 0 Å². The molecule has 1 aromatic rings. The molecule has 0 nitrogen and oxygen atoms in total. The Hall–Kier alpha value is -0.780. The smallest absolute Gasteiger partial charge is 0.0142 e. The number of rotatable bonds is 2. The number of hydrogen-bond donors (Lipinski definition) is 0. The van der Waals surface area contributed by atoms with E-state index >= 15 is 0 Å². The fraction of sp³-hybridized carbons (Fsp3) is 0.625. The molecule has 1 aliphatic rings. The van der Waals surface area contributed by atoms with Gasteiger partial charge in [0.1, 0.15) is 0 Å². The van der Waals surface area contributed by atoms with Crippen molar-refractivity contribution in [3.63, 3.8) is 0 Å². The molecule has 0 bridgehead atoms. The van der Waals surface area contributed by atoms with Crippen molar-refractivity contribution in [1.29, 1.82) is 0 Å². The van der Waals surface area contributed by atoms with Gasteiger partial charge in [0.05, 0.1) is 0 Å². The monoisotopic (exact) mass is 216 g/mol. The van der Waals surface area contributed by atoms with Gasteiger partial charge in [-0.15, -0.1) is 0 Å². The molecule has 1 aliphatic carbocycles. The molecule has 0 saturated heterocycles. The summed E-state index contributed by atoms with van der Waals surface area (Å²) in [5.74, 6) is 1.49. The molecule has 0 aromatic heterocycles. The maximum Gasteiger partial charge on any atom is -0.0142 e. The molecule has 0 heterocycles. The van der Waals surface area contributed by atoms with Gasteiger partial charge in [-0.3, -0.25) is 0 Å². The molecule has 0 spiro atoms. The zero-order valence-electron chi connectivity index (χ0n) is 11.1. The van der Waals surface area contributed by atoms with Crippen LogP contribution in [-0.2, 0) is 0 Å². The van der Waals surface area contributed by atoms with Crippen molar-refractivity contribution < 1.29 is 0 Å². The molecule has 88 valence electrons. The Morgan fingerprint density at radius 2 is 1.62 bits per heavy atom. The fourth-order valence-electron chi connectivity index (χ4n) is 2.30. The van der Waals surface area contributed by atoms with Crippen LogP contribution in [0.5, 0.6) is 0 Å². The quantitative estimate of drug-likeness (QED) is 0.645. The average Bonchev–Trinajstić information content (AvgIpc) is 2.14. The van der Waals surface area contributed by atoms with Crippen LogP contribution in [0.15, 0.2) is 24.3 Å².